The van der Waals surface area contributed by atoms with E-state index in [0.717, 1.165) is 45.1 Å². The average Bonchev–Trinajstić information content (AvgIpc) is 2.65. The quantitative estimate of drug-likeness (QED) is 0.739. The number of hydrogen-bond donors (Lipinski definition) is 2. The van der Waals surface area contributed by atoms with Gasteiger partial charge in [-0.15, -0.1) is 0 Å². The Kier molecular flexibility index (Phi) is 5.84. The van der Waals surface area contributed by atoms with Crippen molar-refractivity contribution in [2.45, 2.75) is 77.3 Å². The molecule has 0 aromatic heterocycles. The number of aliphatic carboxylic acids is 1. The van der Waals surface area contributed by atoms with Crippen molar-refractivity contribution < 1.29 is 14.7 Å². The highest BCUT2D eigenvalue weighted by molar-refractivity contribution is 5.82. The first kappa shape index (κ1) is 17.3. The smallest absolute Gasteiger partial charge is 0.317 e. The molecule has 0 bridgehead atoms. The van der Waals surface area contributed by atoms with Crippen molar-refractivity contribution in [1.29, 1.82) is 0 Å². The van der Waals surface area contributed by atoms with Gasteiger partial charge in [-0.25, -0.2) is 0 Å². The minimum Gasteiger partial charge on any atom is -0.480 e. The molecule has 0 spiro atoms. The fourth-order valence-corrected chi connectivity index (χ4v) is 3.77. The number of rotatable bonds is 6. The summed E-state index contributed by atoms with van der Waals surface area (Å²) in [6.07, 6.45) is 8.54. The number of hydrogen-bond acceptors (Lipinski definition) is 3. The summed E-state index contributed by atoms with van der Waals surface area (Å²) in [7, 11) is 0. The zero-order valence-electron chi connectivity index (χ0n) is 13.9. The lowest BCUT2D eigenvalue weighted by Crippen LogP contribution is -2.56. The van der Waals surface area contributed by atoms with Crippen molar-refractivity contribution in [2.24, 2.45) is 5.41 Å². The van der Waals surface area contributed by atoms with Crippen LogP contribution >= 0.6 is 0 Å². The zero-order chi connectivity index (χ0) is 16.2. The molecular formula is C17H30N2O3. The Morgan fingerprint density at radius 3 is 2.27 bits per heavy atom. The molecule has 5 heteroatoms. The molecule has 2 saturated carbocycles. The van der Waals surface area contributed by atoms with E-state index in [9.17, 15) is 9.59 Å². The van der Waals surface area contributed by atoms with Crippen molar-refractivity contribution in [1.82, 2.24) is 10.2 Å². The lowest BCUT2D eigenvalue weighted by atomic mass is 9.79. The second-order valence-corrected chi connectivity index (χ2v) is 7.23. The van der Waals surface area contributed by atoms with Crippen LogP contribution in [0.4, 0.5) is 0 Å². The van der Waals surface area contributed by atoms with Crippen molar-refractivity contribution in [3.63, 3.8) is 0 Å². The Morgan fingerprint density at radius 1 is 1.18 bits per heavy atom. The van der Waals surface area contributed by atoms with Crippen molar-refractivity contribution in [3.8, 4) is 0 Å². The van der Waals surface area contributed by atoms with E-state index >= 15 is 0 Å². The number of likely N-dealkylation sites (N-methyl/N-ethyl adjacent to an activating group) is 1. The normalized spacial score (nSPS) is 27.8. The summed E-state index contributed by atoms with van der Waals surface area (Å²) in [5.41, 5.74) is -0.201. The van der Waals surface area contributed by atoms with Gasteiger partial charge in [0.25, 0.3) is 0 Å². The molecule has 2 aliphatic carbocycles. The highest BCUT2D eigenvalue weighted by Crippen LogP contribution is 2.36. The van der Waals surface area contributed by atoms with Crippen LogP contribution in [-0.2, 0) is 9.59 Å². The first-order valence-corrected chi connectivity index (χ1v) is 8.71. The predicted octanol–water partition coefficient (Wildman–Crippen LogP) is 2.40. The van der Waals surface area contributed by atoms with E-state index in [1.807, 2.05) is 11.8 Å². The van der Waals surface area contributed by atoms with Gasteiger partial charge >= 0.3 is 5.97 Å². The molecule has 5 nitrogen and oxygen atoms in total. The van der Waals surface area contributed by atoms with Gasteiger partial charge in [0.15, 0.2) is 0 Å². The number of carbonyl (C=O) groups is 2. The average molecular weight is 310 g/mol. The predicted molar refractivity (Wildman–Crippen MR) is 85.6 cm³/mol. The third-order valence-corrected chi connectivity index (χ3v) is 5.46. The number of carboxylic acids is 1. The highest BCUT2D eigenvalue weighted by atomic mass is 16.4. The van der Waals surface area contributed by atoms with Crippen LogP contribution in [-0.4, -0.2) is 47.1 Å². The second-order valence-electron chi connectivity index (χ2n) is 7.23. The number of amides is 1. The Balaban J connectivity index is 1.79. The number of nitrogens with one attached hydrogen (secondary N) is 1. The largest absolute Gasteiger partial charge is 0.480 e. The van der Waals surface area contributed by atoms with Crippen LogP contribution in [0.1, 0.15) is 65.2 Å². The molecule has 0 saturated heterocycles. The zero-order valence-corrected chi connectivity index (χ0v) is 13.9. The summed E-state index contributed by atoms with van der Waals surface area (Å²) in [5, 5.41) is 12.1. The lowest BCUT2D eigenvalue weighted by Gasteiger charge is -2.43. The van der Waals surface area contributed by atoms with Gasteiger partial charge < -0.3 is 10.4 Å². The second kappa shape index (κ2) is 7.44. The highest BCUT2D eigenvalue weighted by Gasteiger charge is 2.39. The van der Waals surface area contributed by atoms with Crippen molar-refractivity contribution in [2.75, 3.05) is 13.1 Å². The summed E-state index contributed by atoms with van der Waals surface area (Å²) >= 11 is 0. The number of carbonyl (C=O) groups excluding carboxylic acids is 1. The standard InChI is InChI=1S/C17H30N2O3/c1-3-19(12-15(20)21)14-10-13(11-14)18-16(22)17(2)8-6-4-5-7-9-17/h13-14H,3-12H2,1-2H3,(H,18,22)(H,20,21). The molecule has 2 fully saturated rings. The summed E-state index contributed by atoms with van der Waals surface area (Å²) in [5.74, 6) is -0.570. The van der Waals surface area contributed by atoms with E-state index in [2.05, 4.69) is 12.2 Å². The fourth-order valence-electron chi connectivity index (χ4n) is 3.77. The maximum atomic E-state index is 12.6. The monoisotopic (exact) mass is 310 g/mol. The summed E-state index contributed by atoms with van der Waals surface area (Å²) < 4.78 is 0. The molecular weight excluding hydrogens is 280 g/mol. The minimum atomic E-state index is -0.777. The number of carboxylic acid groups (broad SMARTS) is 1. The van der Waals surface area contributed by atoms with Crippen molar-refractivity contribution >= 4 is 11.9 Å². The molecule has 2 rings (SSSR count). The van der Waals surface area contributed by atoms with Gasteiger partial charge in [0.2, 0.25) is 5.91 Å². The Hall–Kier alpha value is -1.10. The first-order valence-electron chi connectivity index (χ1n) is 8.71. The van der Waals surface area contributed by atoms with E-state index in [1.165, 1.54) is 12.8 Å². The molecule has 0 unspecified atom stereocenters. The Bertz CT molecular complexity index is 397. The Morgan fingerprint density at radius 2 is 1.77 bits per heavy atom. The van der Waals surface area contributed by atoms with Gasteiger partial charge in [-0.2, -0.15) is 0 Å². The van der Waals surface area contributed by atoms with E-state index < -0.39 is 5.97 Å². The maximum Gasteiger partial charge on any atom is 0.317 e. The molecule has 1 amide bonds. The third-order valence-electron chi connectivity index (χ3n) is 5.46. The SMILES string of the molecule is CCN(CC(=O)O)C1CC(NC(=O)C2(C)CCCCCC2)C1. The summed E-state index contributed by atoms with van der Waals surface area (Å²) in [6.45, 7) is 4.93. The van der Waals surface area contributed by atoms with Crippen LogP contribution < -0.4 is 5.32 Å². The van der Waals surface area contributed by atoms with Gasteiger partial charge in [0.1, 0.15) is 0 Å². The van der Waals surface area contributed by atoms with Gasteiger partial charge in [-0.3, -0.25) is 14.5 Å². The summed E-state index contributed by atoms with van der Waals surface area (Å²) in [6, 6.07) is 0.522. The van der Waals surface area contributed by atoms with Crippen molar-refractivity contribution in [3.05, 3.63) is 0 Å². The summed E-state index contributed by atoms with van der Waals surface area (Å²) in [4.78, 5) is 25.4. The van der Waals surface area contributed by atoms with E-state index in [4.69, 9.17) is 5.11 Å². The molecule has 2 N–H and O–H groups in total. The maximum absolute atomic E-state index is 12.6. The molecule has 0 aliphatic heterocycles. The van der Waals surface area contributed by atoms with Crippen LogP contribution in [0.25, 0.3) is 0 Å². The van der Waals surface area contributed by atoms with Crippen LogP contribution in [0, 0.1) is 5.41 Å². The lowest BCUT2D eigenvalue weighted by molar-refractivity contribution is -0.140. The molecule has 0 aromatic carbocycles. The van der Waals surface area contributed by atoms with E-state index in [1.54, 1.807) is 0 Å². The molecule has 22 heavy (non-hydrogen) atoms. The van der Waals surface area contributed by atoms with Crippen LogP contribution in [0.5, 0.6) is 0 Å². The Labute approximate surface area is 133 Å². The topological polar surface area (TPSA) is 69.6 Å². The first-order chi connectivity index (χ1) is 10.4. The van der Waals surface area contributed by atoms with Crippen LogP contribution in [0.15, 0.2) is 0 Å². The fraction of sp³-hybridized carbons (Fsp3) is 0.882. The van der Waals surface area contributed by atoms with Gasteiger partial charge in [0.05, 0.1) is 6.54 Å². The van der Waals surface area contributed by atoms with Crippen LogP contribution in [0.2, 0.25) is 0 Å². The van der Waals surface area contributed by atoms with Gasteiger partial charge in [-0.1, -0.05) is 39.5 Å². The van der Waals surface area contributed by atoms with Gasteiger partial charge in [0, 0.05) is 17.5 Å². The molecule has 0 radical (unpaired) electrons. The third kappa shape index (κ3) is 4.22. The molecule has 0 aromatic rings. The molecule has 126 valence electrons. The van der Waals surface area contributed by atoms with E-state index in [0.29, 0.717) is 6.04 Å². The molecule has 0 heterocycles. The molecule has 0 atom stereocenters. The van der Waals surface area contributed by atoms with Gasteiger partial charge in [-0.05, 0) is 32.2 Å². The minimum absolute atomic E-state index is 0.0968. The molecule has 2 aliphatic rings. The van der Waals surface area contributed by atoms with Crippen LogP contribution in [0.3, 0.4) is 0 Å². The number of nitrogens with zero attached hydrogens (tertiary/aromatic N) is 1. The van der Waals surface area contributed by atoms with E-state index in [-0.39, 0.29) is 23.9 Å².